The largest absolute Gasteiger partial charge is 0.378 e. The predicted molar refractivity (Wildman–Crippen MR) is 73.6 cm³/mol. The molecule has 7 heteroatoms. The molecule has 6 nitrogen and oxygen atoms in total. The SMILES string of the molecule is O=C1[C@@H]2[C@H](ON3CCOC[C@H]23)C(=O)N1c1ccc(Cl)cc1. The van der Waals surface area contributed by atoms with E-state index in [-0.39, 0.29) is 17.9 Å². The van der Waals surface area contributed by atoms with E-state index in [0.717, 1.165) is 0 Å². The van der Waals surface area contributed by atoms with E-state index in [1.165, 1.54) is 4.90 Å². The molecule has 0 bridgehead atoms. The summed E-state index contributed by atoms with van der Waals surface area (Å²) in [5.74, 6) is -1.04. The first-order valence-corrected chi connectivity index (χ1v) is 7.19. The number of amides is 2. The fourth-order valence-corrected chi connectivity index (χ4v) is 3.28. The molecule has 3 aliphatic rings. The molecule has 3 fully saturated rings. The number of rotatable bonds is 1. The smallest absolute Gasteiger partial charge is 0.265 e. The molecule has 3 saturated heterocycles. The van der Waals surface area contributed by atoms with Gasteiger partial charge in [-0.05, 0) is 24.3 Å². The van der Waals surface area contributed by atoms with Crippen LogP contribution in [0.2, 0.25) is 5.02 Å². The van der Waals surface area contributed by atoms with Gasteiger partial charge in [-0.3, -0.25) is 14.4 Å². The van der Waals surface area contributed by atoms with E-state index in [0.29, 0.717) is 30.5 Å². The zero-order valence-corrected chi connectivity index (χ0v) is 11.8. The van der Waals surface area contributed by atoms with Gasteiger partial charge in [-0.1, -0.05) is 11.6 Å². The van der Waals surface area contributed by atoms with Crippen LogP contribution < -0.4 is 4.90 Å². The maximum atomic E-state index is 12.6. The van der Waals surface area contributed by atoms with Crippen molar-refractivity contribution in [3.8, 4) is 0 Å². The van der Waals surface area contributed by atoms with Crippen LogP contribution in [-0.2, 0) is 19.2 Å². The van der Waals surface area contributed by atoms with Crippen molar-refractivity contribution < 1.29 is 19.2 Å². The fraction of sp³-hybridized carbons (Fsp3) is 0.429. The number of benzene rings is 1. The van der Waals surface area contributed by atoms with Crippen LogP contribution in [-0.4, -0.2) is 48.8 Å². The normalized spacial score (nSPS) is 32.4. The van der Waals surface area contributed by atoms with Crippen molar-refractivity contribution in [1.29, 1.82) is 0 Å². The topological polar surface area (TPSA) is 59.1 Å². The van der Waals surface area contributed by atoms with Crippen LogP contribution in [0.3, 0.4) is 0 Å². The van der Waals surface area contributed by atoms with Crippen molar-refractivity contribution in [3.05, 3.63) is 29.3 Å². The van der Waals surface area contributed by atoms with Gasteiger partial charge in [-0.2, -0.15) is 5.06 Å². The number of hydrogen-bond donors (Lipinski definition) is 0. The number of hydrogen-bond acceptors (Lipinski definition) is 5. The van der Waals surface area contributed by atoms with Gasteiger partial charge in [0, 0.05) is 11.6 Å². The van der Waals surface area contributed by atoms with Gasteiger partial charge in [-0.15, -0.1) is 0 Å². The lowest BCUT2D eigenvalue weighted by molar-refractivity contribution is -0.197. The minimum atomic E-state index is -0.736. The minimum Gasteiger partial charge on any atom is -0.378 e. The zero-order valence-electron chi connectivity index (χ0n) is 11.1. The summed E-state index contributed by atoms with van der Waals surface area (Å²) in [6.45, 7) is 1.55. The van der Waals surface area contributed by atoms with Gasteiger partial charge in [0.05, 0.1) is 30.9 Å². The van der Waals surface area contributed by atoms with E-state index in [4.69, 9.17) is 21.2 Å². The van der Waals surface area contributed by atoms with E-state index >= 15 is 0 Å². The highest BCUT2D eigenvalue weighted by atomic mass is 35.5. The summed E-state index contributed by atoms with van der Waals surface area (Å²) in [5, 5.41) is 2.27. The molecule has 0 unspecified atom stereocenters. The third-order valence-corrected chi connectivity index (χ3v) is 4.41. The van der Waals surface area contributed by atoms with Crippen molar-refractivity contribution in [2.24, 2.45) is 5.92 Å². The molecule has 0 aliphatic carbocycles. The van der Waals surface area contributed by atoms with Gasteiger partial charge in [-0.25, -0.2) is 4.90 Å². The molecule has 0 saturated carbocycles. The minimum absolute atomic E-state index is 0.183. The number of ether oxygens (including phenoxy) is 1. The van der Waals surface area contributed by atoms with Gasteiger partial charge < -0.3 is 4.74 Å². The van der Waals surface area contributed by atoms with Gasteiger partial charge >= 0.3 is 0 Å². The summed E-state index contributed by atoms with van der Waals surface area (Å²) in [5.41, 5.74) is 0.524. The molecule has 21 heavy (non-hydrogen) atoms. The highest BCUT2D eigenvalue weighted by Crippen LogP contribution is 2.39. The molecule has 0 N–H and O–H groups in total. The first-order valence-electron chi connectivity index (χ1n) is 6.81. The Hall–Kier alpha value is -1.47. The molecule has 0 radical (unpaired) electrons. The molecule has 1 aromatic rings. The summed E-state index contributed by atoms with van der Waals surface area (Å²) in [7, 11) is 0. The van der Waals surface area contributed by atoms with Crippen molar-refractivity contribution in [2.75, 3.05) is 24.7 Å². The van der Waals surface area contributed by atoms with Crippen LogP contribution in [0.5, 0.6) is 0 Å². The molecule has 0 spiro atoms. The molecule has 4 rings (SSSR count). The van der Waals surface area contributed by atoms with E-state index in [9.17, 15) is 9.59 Å². The second-order valence-electron chi connectivity index (χ2n) is 5.32. The van der Waals surface area contributed by atoms with Crippen LogP contribution >= 0.6 is 11.6 Å². The molecule has 3 heterocycles. The molecule has 3 aliphatic heterocycles. The van der Waals surface area contributed by atoms with Crippen molar-refractivity contribution in [1.82, 2.24) is 5.06 Å². The third-order valence-electron chi connectivity index (χ3n) is 4.16. The van der Waals surface area contributed by atoms with Crippen LogP contribution in [0.1, 0.15) is 0 Å². The Balaban J connectivity index is 1.66. The van der Waals surface area contributed by atoms with Gasteiger partial charge in [0.1, 0.15) is 0 Å². The summed E-state index contributed by atoms with van der Waals surface area (Å²) >= 11 is 5.84. The molecule has 2 amide bonds. The molecule has 0 aromatic heterocycles. The van der Waals surface area contributed by atoms with Crippen LogP contribution in [0.4, 0.5) is 5.69 Å². The Labute approximate surface area is 126 Å². The predicted octanol–water partition coefficient (Wildman–Crippen LogP) is 0.844. The van der Waals surface area contributed by atoms with Crippen molar-refractivity contribution in [2.45, 2.75) is 12.1 Å². The first kappa shape index (κ1) is 13.2. The lowest BCUT2D eigenvalue weighted by Gasteiger charge is -2.30. The number of fused-ring (bicyclic) bond motifs is 3. The Morgan fingerprint density at radius 2 is 1.90 bits per heavy atom. The summed E-state index contributed by atoms with van der Waals surface area (Å²) < 4.78 is 5.41. The van der Waals surface area contributed by atoms with Crippen LogP contribution in [0.15, 0.2) is 24.3 Å². The Morgan fingerprint density at radius 3 is 2.67 bits per heavy atom. The second kappa shape index (κ2) is 4.78. The van der Waals surface area contributed by atoms with Gasteiger partial charge in [0.25, 0.3) is 5.91 Å². The maximum Gasteiger partial charge on any atom is 0.265 e. The maximum absolute atomic E-state index is 12.6. The fourth-order valence-electron chi connectivity index (χ4n) is 3.16. The lowest BCUT2D eigenvalue weighted by atomic mass is 9.97. The number of halogens is 1. The number of anilines is 1. The number of imide groups is 1. The monoisotopic (exact) mass is 308 g/mol. The highest BCUT2D eigenvalue weighted by molar-refractivity contribution is 6.31. The van der Waals surface area contributed by atoms with Crippen LogP contribution in [0, 0.1) is 5.92 Å². The summed E-state index contributed by atoms with van der Waals surface area (Å²) in [6, 6.07) is 6.45. The Kier molecular flexibility index (Phi) is 3.00. The number of nitrogens with zero attached hydrogens (tertiary/aromatic N) is 2. The number of morpholine rings is 1. The van der Waals surface area contributed by atoms with Crippen LogP contribution in [0.25, 0.3) is 0 Å². The molecule has 1 aromatic carbocycles. The number of carbonyl (C=O) groups is 2. The van der Waals surface area contributed by atoms with Gasteiger partial charge in [0.2, 0.25) is 5.91 Å². The quantitative estimate of drug-likeness (QED) is 0.720. The second-order valence-corrected chi connectivity index (χ2v) is 5.76. The first-order chi connectivity index (χ1) is 10.2. The van der Waals surface area contributed by atoms with Gasteiger partial charge in [0.15, 0.2) is 6.10 Å². The van der Waals surface area contributed by atoms with E-state index in [1.807, 2.05) is 0 Å². The average molecular weight is 309 g/mol. The molecular formula is C14H13ClN2O4. The highest BCUT2D eigenvalue weighted by Gasteiger charge is 2.60. The van der Waals surface area contributed by atoms with Crippen molar-refractivity contribution in [3.63, 3.8) is 0 Å². The standard InChI is InChI=1S/C14H13ClN2O4/c15-8-1-3-9(4-2-8)17-13(18)11-10-7-20-6-5-16(10)21-12(11)14(17)19/h1-4,10-12H,5-7H2/t10-,11+,12+/m1/s1. The number of hydroxylamine groups is 2. The van der Waals surface area contributed by atoms with E-state index in [2.05, 4.69) is 0 Å². The molecular weight excluding hydrogens is 296 g/mol. The molecule has 110 valence electrons. The van der Waals surface area contributed by atoms with E-state index < -0.39 is 12.0 Å². The average Bonchev–Trinajstić information content (AvgIpc) is 2.98. The van der Waals surface area contributed by atoms with E-state index in [1.54, 1.807) is 29.3 Å². The zero-order chi connectivity index (χ0) is 14.6. The summed E-state index contributed by atoms with van der Waals surface area (Å²) in [4.78, 5) is 32.0. The molecule has 3 atom stereocenters. The summed E-state index contributed by atoms with van der Waals surface area (Å²) in [6.07, 6.45) is -0.736. The Morgan fingerprint density at radius 1 is 1.14 bits per heavy atom. The van der Waals surface area contributed by atoms with Crippen molar-refractivity contribution >= 4 is 29.1 Å². The number of carbonyl (C=O) groups excluding carboxylic acids is 2. The Bertz CT molecular complexity index is 605. The lowest BCUT2D eigenvalue weighted by Crippen LogP contribution is -2.46. The third kappa shape index (κ3) is 1.91.